The lowest BCUT2D eigenvalue weighted by molar-refractivity contribution is -0.124. The Morgan fingerprint density at radius 1 is 1.32 bits per heavy atom. The van der Waals surface area contributed by atoms with Crippen molar-refractivity contribution in [3.05, 3.63) is 30.3 Å². The van der Waals surface area contributed by atoms with Gasteiger partial charge in [-0.15, -0.1) is 0 Å². The summed E-state index contributed by atoms with van der Waals surface area (Å²) in [6, 6.07) is 9.45. The molecule has 1 saturated heterocycles. The van der Waals surface area contributed by atoms with Gasteiger partial charge in [-0.25, -0.2) is 0 Å². The SMILES string of the molecule is O=C(CCOc1ccccc1)NC[C@H]1COCCO1. The molecule has 1 aromatic rings. The normalized spacial score (nSPS) is 18.8. The highest BCUT2D eigenvalue weighted by molar-refractivity contribution is 5.76. The van der Waals surface area contributed by atoms with Gasteiger partial charge in [0.1, 0.15) is 5.75 Å². The van der Waals surface area contributed by atoms with Crippen LogP contribution in [0.15, 0.2) is 30.3 Å². The number of para-hydroxylation sites is 1. The standard InChI is InChI=1S/C14H19NO4/c16-14(15-10-13-11-17-8-9-19-13)6-7-18-12-4-2-1-3-5-12/h1-5,13H,6-11H2,(H,15,16)/t13-/m0/s1. The van der Waals surface area contributed by atoms with E-state index in [1.807, 2.05) is 30.3 Å². The number of amides is 1. The Morgan fingerprint density at radius 2 is 2.16 bits per heavy atom. The van der Waals surface area contributed by atoms with E-state index in [1.54, 1.807) is 0 Å². The predicted molar refractivity (Wildman–Crippen MR) is 70.1 cm³/mol. The van der Waals surface area contributed by atoms with Crippen LogP contribution < -0.4 is 10.1 Å². The van der Waals surface area contributed by atoms with Gasteiger partial charge in [0, 0.05) is 6.54 Å². The van der Waals surface area contributed by atoms with Crippen LogP contribution in [0.4, 0.5) is 0 Å². The van der Waals surface area contributed by atoms with E-state index < -0.39 is 0 Å². The Kier molecular flexibility index (Phi) is 5.65. The van der Waals surface area contributed by atoms with Crippen LogP contribution in [0.25, 0.3) is 0 Å². The molecule has 0 saturated carbocycles. The second-order valence-electron chi connectivity index (χ2n) is 4.28. The summed E-state index contributed by atoms with van der Waals surface area (Å²) in [7, 11) is 0. The average molecular weight is 265 g/mol. The van der Waals surface area contributed by atoms with Crippen LogP contribution in [0.2, 0.25) is 0 Å². The van der Waals surface area contributed by atoms with Crippen LogP contribution in [0.1, 0.15) is 6.42 Å². The fourth-order valence-corrected chi connectivity index (χ4v) is 1.75. The minimum Gasteiger partial charge on any atom is -0.493 e. The molecule has 5 heteroatoms. The average Bonchev–Trinajstić information content (AvgIpc) is 2.47. The van der Waals surface area contributed by atoms with Crippen LogP contribution in [0, 0.1) is 0 Å². The second-order valence-corrected chi connectivity index (χ2v) is 4.28. The van der Waals surface area contributed by atoms with Gasteiger partial charge in [0.2, 0.25) is 5.91 Å². The minimum atomic E-state index is -0.0369. The maximum Gasteiger partial charge on any atom is 0.223 e. The summed E-state index contributed by atoms with van der Waals surface area (Å²) in [5.74, 6) is 0.740. The van der Waals surface area contributed by atoms with Crippen molar-refractivity contribution >= 4 is 5.91 Å². The van der Waals surface area contributed by atoms with Crippen molar-refractivity contribution in [2.75, 3.05) is 33.0 Å². The van der Waals surface area contributed by atoms with Gasteiger partial charge >= 0.3 is 0 Å². The fourth-order valence-electron chi connectivity index (χ4n) is 1.75. The maximum absolute atomic E-state index is 11.6. The van der Waals surface area contributed by atoms with E-state index in [2.05, 4.69) is 5.32 Å². The first-order chi connectivity index (χ1) is 9.34. The molecule has 0 radical (unpaired) electrons. The van der Waals surface area contributed by atoms with E-state index in [4.69, 9.17) is 14.2 Å². The van der Waals surface area contributed by atoms with Crippen molar-refractivity contribution in [3.63, 3.8) is 0 Å². The molecule has 2 rings (SSSR count). The van der Waals surface area contributed by atoms with Gasteiger partial charge in [-0.3, -0.25) is 4.79 Å². The number of benzene rings is 1. The van der Waals surface area contributed by atoms with Gasteiger partial charge < -0.3 is 19.5 Å². The molecule has 0 bridgehead atoms. The highest BCUT2D eigenvalue weighted by Crippen LogP contribution is 2.08. The molecule has 0 unspecified atom stereocenters. The molecule has 19 heavy (non-hydrogen) atoms. The summed E-state index contributed by atoms with van der Waals surface area (Å²) in [4.78, 5) is 11.6. The summed E-state index contributed by atoms with van der Waals surface area (Å²) in [5.41, 5.74) is 0. The molecule has 1 atom stereocenters. The van der Waals surface area contributed by atoms with E-state index in [1.165, 1.54) is 0 Å². The Hall–Kier alpha value is -1.59. The van der Waals surface area contributed by atoms with Crippen LogP contribution in [-0.2, 0) is 14.3 Å². The van der Waals surface area contributed by atoms with Crippen molar-refractivity contribution in [2.24, 2.45) is 0 Å². The third-order valence-electron chi connectivity index (χ3n) is 2.75. The van der Waals surface area contributed by atoms with Gasteiger partial charge in [0.05, 0.1) is 39.0 Å². The third kappa shape index (κ3) is 5.28. The molecule has 1 amide bonds. The lowest BCUT2D eigenvalue weighted by Gasteiger charge is -2.23. The van der Waals surface area contributed by atoms with E-state index in [0.717, 1.165) is 5.75 Å². The first kappa shape index (κ1) is 13.8. The number of rotatable bonds is 6. The molecule has 0 aromatic heterocycles. The van der Waals surface area contributed by atoms with Crippen molar-refractivity contribution in [1.29, 1.82) is 0 Å². The van der Waals surface area contributed by atoms with Crippen LogP contribution in [0.3, 0.4) is 0 Å². The summed E-state index contributed by atoms with van der Waals surface area (Å²) in [6.45, 7) is 2.63. The van der Waals surface area contributed by atoms with Crippen molar-refractivity contribution in [3.8, 4) is 5.75 Å². The van der Waals surface area contributed by atoms with Gasteiger partial charge in [-0.1, -0.05) is 18.2 Å². The van der Waals surface area contributed by atoms with Gasteiger partial charge in [0.25, 0.3) is 0 Å². The molecule has 1 aliphatic heterocycles. The highest BCUT2D eigenvalue weighted by Gasteiger charge is 2.14. The van der Waals surface area contributed by atoms with E-state index in [-0.39, 0.29) is 12.0 Å². The second kappa shape index (κ2) is 7.76. The summed E-state index contributed by atoms with van der Waals surface area (Å²) in [5, 5.41) is 2.81. The molecule has 1 N–H and O–H groups in total. The molecule has 0 spiro atoms. The number of hydrogen-bond donors (Lipinski definition) is 1. The van der Waals surface area contributed by atoms with E-state index in [9.17, 15) is 4.79 Å². The van der Waals surface area contributed by atoms with Crippen LogP contribution in [-0.4, -0.2) is 45.0 Å². The lowest BCUT2D eigenvalue weighted by Crippen LogP contribution is -2.40. The molecule has 1 aliphatic rings. The fraction of sp³-hybridized carbons (Fsp3) is 0.500. The van der Waals surface area contributed by atoms with Gasteiger partial charge in [-0.2, -0.15) is 0 Å². The minimum absolute atomic E-state index is 0.0345. The Bertz CT molecular complexity index is 376. The lowest BCUT2D eigenvalue weighted by atomic mass is 10.3. The summed E-state index contributed by atoms with van der Waals surface area (Å²) < 4.78 is 16.1. The van der Waals surface area contributed by atoms with E-state index in [0.29, 0.717) is 39.4 Å². The molecular formula is C14H19NO4. The first-order valence-corrected chi connectivity index (χ1v) is 6.48. The molecule has 104 valence electrons. The summed E-state index contributed by atoms with van der Waals surface area (Å²) in [6.07, 6.45) is 0.301. The number of nitrogens with one attached hydrogen (secondary N) is 1. The smallest absolute Gasteiger partial charge is 0.223 e. The summed E-state index contributed by atoms with van der Waals surface area (Å²) >= 11 is 0. The highest BCUT2D eigenvalue weighted by atomic mass is 16.6. The maximum atomic E-state index is 11.6. The number of ether oxygens (including phenoxy) is 3. The van der Waals surface area contributed by atoms with Crippen molar-refractivity contribution in [1.82, 2.24) is 5.32 Å². The van der Waals surface area contributed by atoms with Crippen LogP contribution >= 0.6 is 0 Å². The molecule has 1 heterocycles. The third-order valence-corrected chi connectivity index (χ3v) is 2.75. The topological polar surface area (TPSA) is 56.8 Å². The largest absolute Gasteiger partial charge is 0.493 e. The van der Waals surface area contributed by atoms with Crippen molar-refractivity contribution < 1.29 is 19.0 Å². The zero-order chi connectivity index (χ0) is 13.3. The van der Waals surface area contributed by atoms with Gasteiger partial charge in [-0.05, 0) is 12.1 Å². The number of carbonyl (C=O) groups is 1. The molecule has 1 fully saturated rings. The molecule has 1 aromatic carbocycles. The number of carbonyl (C=O) groups excluding carboxylic acids is 1. The first-order valence-electron chi connectivity index (χ1n) is 6.48. The van der Waals surface area contributed by atoms with Crippen LogP contribution in [0.5, 0.6) is 5.75 Å². The zero-order valence-corrected chi connectivity index (χ0v) is 10.8. The molecule has 5 nitrogen and oxygen atoms in total. The Labute approximate surface area is 112 Å². The number of hydrogen-bond acceptors (Lipinski definition) is 4. The molecular weight excluding hydrogens is 246 g/mol. The Balaban J connectivity index is 1.57. The zero-order valence-electron chi connectivity index (χ0n) is 10.8. The van der Waals surface area contributed by atoms with Gasteiger partial charge in [0.15, 0.2) is 0 Å². The monoisotopic (exact) mass is 265 g/mol. The quantitative estimate of drug-likeness (QED) is 0.833. The van der Waals surface area contributed by atoms with E-state index >= 15 is 0 Å². The molecule has 0 aliphatic carbocycles. The Morgan fingerprint density at radius 3 is 2.89 bits per heavy atom. The van der Waals surface area contributed by atoms with Crippen molar-refractivity contribution in [2.45, 2.75) is 12.5 Å². The predicted octanol–water partition coefficient (Wildman–Crippen LogP) is 0.987.